The fourth-order valence-electron chi connectivity index (χ4n) is 3.54. The molecule has 0 bridgehead atoms. The summed E-state index contributed by atoms with van der Waals surface area (Å²) in [5.41, 5.74) is -0.686. The van der Waals surface area contributed by atoms with E-state index >= 15 is 0 Å². The van der Waals surface area contributed by atoms with Crippen LogP contribution in [0.3, 0.4) is 0 Å². The number of benzene rings is 1. The van der Waals surface area contributed by atoms with Gasteiger partial charge in [-0.1, -0.05) is 28.1 Å². The van der Waals surface area contributed by atoms with Crippen molar-refractivity contribution in [2.24, 2.45) is 11.8 Å². The van der Waals surface area contributed by atoms with Gasteiger partial charge in [0.2, 0.25) is 0 Å². The lowest BCUT2D eigenvalue weighted by Gasteiger charge is -2.28. The van der Waals surface area contributed by atoms with E-state index in [1.165, 1.54) is 7.11 Å². The molecule has 2 rings (SSSR count). The Bertz CT molecular complexity index is 707. The van der Waals surface area contributed by atoms with E-state index < -0.39 is 41.3 Å². The topological polar surface area (TPSA) is 90.9 Å². The zero-order chi connectivity index (χ0) is 20.2. The summed E-state index contributed by atoms with van der Waals surface area (Å²) in [6.45, 7) is 5.19. The van der Waals surface area contributed by atoms with E-state index in [1.807, 2.05) is 24.3 Å². The van der Waals surface area contributed by atoms with Crippen LogP contribution in [0.25, 0.3) is 0 Å². The molecule has 1 aromatic carbocycles. The first-order valence-corrected chi connectivity index (χ1v) is 9.54. The number of nitrogens with one attached hydrogen (secondary N) is 1. The second kappa shape index (κ2) is 8.84. The molecule has 0 unspecified atom stereocenters. The van der Waals surface area contributed by atoms with Gasteiger partial charge in [0.05, 0.1) is 26.2 Å². The summed E-state index contributed by atoms with van der Waals surface area (Å²) in [5.74, 6) is -3.87. The molecule has 1 aromatic rings. The molecule has 7 nitrogen and oxygen atoms in total. The highest BCUT2D eigenvalue weighted by molar-refractivity contribution is 9.10. The first kappa shape index (κ1) is 21.4. The highest BCUT2D eigenvalue weighted by Crippen LogP contribution is 2.45. The van der Waals surface area contributed by atoms with Crippen LogP contribution in [0.4, 0.5) is 0 Å². The SMILES string of the molecule is CCOC(=O)[C@H]1[C@@H](C(=O)OCC)[C@@](C)(C(=O)OC)N[C@H]1c1ccc(Br)cc1. The van der Waals surface area contributed by atoms with E-state index in [-0.39, 0.29) is 13.2 Å². The largest absolute Gasteiger partial charge is 0.468 e. The van der Waals surface area contributed by atoms with E-state index in [0.717, 1.165) is 10.0 Å². The number of methoxy groups -OCH3 is 1. The van der Waals surface area contributed by atoms with Crippen molar-refractivity contribution in [2.75, 3.05) is 20.3 Å². The summed E-state index contributed by atoms with van der Waals surface area (Å²) in [4.78, 5) is 38.1. The molecule has 1 aliphatic rings. The van der Waals surface area contributed by atoms with Crippen LogP contribution in [0.1, 0.15) is 32.4 Å². The maximum absolute atomic E-state index is 12.8. The van der Waals surface area contributed by atoms with E-state index in [1.54, 1.807) is 20.8 Å². The number of hydrogen-bond acceptors (Lipinski definition) is 7. The Balaban J connectivity index is 2.57. The number of esters is 3. The highest BCUT2D eigenvalue weighted by atomic mass is 79.9. The summed E-state index contributed by atoms with van der Waals surface area (Å²) in [6, 6.07) is 6.67. The Morgan fingerprint density at radius 3 is 2.15 bits per heavy atom. The first-order chi connectivity index (χ1) is 12.8. The molecule has 0 aliphatic carbocycles. The number of halogens is 1. The molecule has 0 radical (unpaired) electrons. The third-order valence-corrected chi connectivity index (χ3v) is 5.26. The second-order valence-electron chi connectivity index (χ2n) is 6.38. The summed E-state index contributed by atoms with van der Waals surface area (Å²) in [7, 11) is 1.24. The lowest BCUT2D eigenvalue weighted by Crippen LogP contribution is -2.53. The maximum atomic E-state index is 12.8. The van der Waals surface area contributed by atoms with Gasteiger partial charge in [-0.25, -0.2) is 0 Å². The average molecular weight is 442 g/mol. The Kier molecular flexibility index (Phi) is 7.00. The summed E-state index contributed by atoms with van der Waals surface area (Å²) in [6.07, 6.45) is 0. The van der Waals surface area contributed by atoms with Crippen LogP contribution in [-0.2, 0) is 28.6 Å². The standard InChI is InChI=1S/C19H24BrNO6/c1-5-26-16(22)13-14(17(23)27-6-2)19(3,18(24)25-4)21-15(13)11-7-9-12(20)10-8-11/h7-10,13-15,21H,5-6H2,1-4H3/t13-,14-,15-,19-/m0/s1. The molecule has 0 spiro atoms. The zero-order valence-electron chi connectivity index (χ0n) is 15.8. The van der Waals surface area contributed by atoms with Gasteiger partial charge in [0, 0.05) is 10.5 Å². The van der Waals surface area contributed by atoms with Crippen molar-refractivity contribution in [1.82, 2.24) is 5.32 Å². The molecular weight excluding hydrogens is 418 g/mol. The number of carbonyl (C=O) groups is 3. The van der Waals surface area contributed by atoms with Crippen LogP contribution < -0.4 is 5.32 Å². The Morgan fingerprint density at radius 1 is 1.07 bits per heavy atom. The lowest BCUT2D eigenvalue weighted by molar-refractivity contribution is -0.165. The molecule has 1 heterocycles. The van der Waals surface area contributed by atoms with Gasteiger partial charge in [-0.2, -0.15) is 0 Å². The van der Waals surface area contributed by atoms with Crippen LogP contribution in [0.2, 0.25) is 0 Å². The Hall–Kier alpha value is -1.93. The first-order valence-electron chi connectivity index (χ1n) is 8.74. The molecular formula is C19H24BrNO6. The predicted molar refractivity (Wildman–Crippen MR) is 101 cm³/mol. The average Bonchev–Trinajstić information content (AvgIpc) is 2.96. The van der Waals surface area contributed by atoms with Gasteiger partial charge in [0.1, 0.15) is 11.5 Å². The molecule has 148 valence electrons. The minimum Gasteiger partial charge on any atom is -0.468 e. The molecule has 1 N–H and O–H groups in total. The van der Waals surface area contributed by atoms with Crippen LogP contribution in [0.5, 0.6) is 0 Å². The van der Waals surface area contributed by atoms with Crippen molar-refractivity contribution in [3.63, 3.8) is 0 Å². The third-order valence-electron chi connectivity index (χ3n) is 4.73. The van der Waals surface area contributed by atoms with Crippen molar-refractivity contribution < 1.29 is 28.6 Å². The lowest BCUT2D eigenvalue weighted by atomic mass is 9.78. The van der Waals surface area contributed by atoms with E-state index in [2.05, 4.69) is 21.2 Å². The number of carbonyl (C=O) groups excluding carboxylic acids is 3. The van der Waals surface area contributed by atoms with E-state index in [4.69, 9.17) is 14.2 Å². The molecule has 0 amide bonds. The fourth-order valence-corrected chi connectivity index (χ4v) is 3.80. The van der Waals surface area contributed by atoms with E-state index in [0.29, 0.717) is 0 Å². The molecule has 1 aliphatic heterocycles. The molecule has 0 aromatic heterocycles. The monoisotopic (exact) mass is 441 g/mol. The third kappa shape index (κ3) is 4.16. The minimum absolute atomic E-state index is 0.130. The number of rotatable bonds is 6. The summed E-state index contributed by atoms with van der Waals surface area (Å²) < 4.78 is 16.2. The van der Waals surface area contributed by atoms with Crippen molar-refractivity contribution >= 4 is 33.8 Å². The Labute approximate surface area is 166 Å². The zero-order valence-corrected chi connectivity index (χ0v) is 17.4. The van der Waals surface area contributed by atoms with Gasteiger partial charge in [-0.3, -0.25) is 19.7 Å². The summed E-state index contributed by atoms with van der Waals surface area (Å²) in [5, 5.41) is 3.14. The van der Waals surface area contributed by atoms with Crippen molar-refractivity contribution in [1.29, 1.82) is 0 Å². The summed E-state index contributed by atoms with van der Waals surface area (Å²) >= 11 is 3.38. The molecule has 1 fully saturated rings. The van der Waals surface area contributed by atoms with E-state index in [9.17, 15) is 14.4 Å². The normalized spacial score (nSPS) is 27.1. The Morgan fingerprint density at radius 2 is 1.63 bits per heavy atom. The van der Waals surface area contributed by atoms with Gasteiger partial charge in [0.25, 0.3) is 0 Å². The van der Waals surface area contributed by atoms with Gasteiger partial charge >= 0.3 is 17.9 Å². The highest BCUT2D eigenvalue weighted by Gasteiger charge is 2.62. The number of ether oxygens (including phenoxy) is 3. The van der Waals surface area contributed by atoms with Gasteiger partial charge < -0.3 is 14.2 Å². The smallest absolute Gasteiger partial charge is 0.326 e. The van der Waals surface area contributed by atoms with Crippen LogP contribution in [0, 0.1) is 11.8 Å². The quantitative estimate of drug-likeness (QED) is 0.535. The van der Waals surface area contributed by atoms with Gasteiger partial charge in [-0.15, -0.1) is 0 Å². The van der Waals surface area contributed by atoms with Crippen LogP contribution in [0.15, 0.2) is 28.7 Å². The van der Waals surface area contributed by atoms with Crippen molar-refractivity contribution in [3.05, 3.63) is 34.3 Å². The number of hydrogen-bond donors (Lipinski definition) is 1. The second-order valence-corrected chi connectivity index (χ2v) is 7.29. The minimum atomic E-state index is -1.43. The predicted octanol–water partition coefficient (Wildman–Crippen LogP) is 2.38. The molecule has 0 saturated carbocycles. The maximum Gasteiger partial charge on any atom is 0.326 e. The van der Waals surface area contributed by atoms with Gasteiger partial charge in [0.15, 0.2) is 0 Å². The molecule has 1 saturated heterocycles. The van der Waals surface area contributed by atoms with Crippen LogP contribution in [-0.4, -0.2) is 43.8 Å². The molecule has 4 atom stereocenters. The van der Waals surface area contributed by atoms with Crippen LogP contribution >= 0.6 is 15.9 Å². The molecule has 27 heavy (non-hydrogen) atoms. The molecule has 8 heteroatoms. The van der Waals surface area contributed by atoms with Crippen molar-refractivity contribution in [2.45, 2.75) is 32.4 Å². The van der Waals surface area contributed by atoms with Crippen molar-refractivity contribution in [3.8, 4) is 0 Å². The van der Waals surface area contributed by atoms with Gasteiger partial charge in [-0.05, 0) is 38.5 Å². The fraction of sp³-hybridized carbons (Fsp3) is 0.526.